The molecule has 84 valence electrons. The van der Waals surface area contributed by atoms with Crippen molar-refractivity contribution in [1.29, 1.82) is 0 Å². The quantitative estimate of drug-likeness (QED) is 0.806. The molecule has 0 unspecified atom stereocenters. The van der Waals surface area contributed by atoms with Crippen LogP contribution in [0.25, 0.3) is 0 Å². The smallest absolute Gasteiger partial charge is 0.125 e. The molecule has 1 rings (SSSR count). The number of hydrogen-bond acceptors (Lipinski definition) is 3. The summed E-state index contributed by atoms with van der Waals surface area (Å²) in [5.74, 6) is 1.74. The van der Waals surface area contributed by atoms with E-state index in [1.807, 2.05) is 25.1 Å². The van der Waals surface area contributed by atoms with Crippen molar-refractivity contribution < 1.29 is 9.47 Å². The third-order valence-electron chi connectivity index (χ3n) is 2.38. The zero-order valence-corrected chi connectivity index (χ0v) is 9.62. The number of ether oxygens (including phenoxy) is 2. The molecule has 0 radical (unpaired) electrons. The lowest BCUT2D eigenvalue weighted by atomic mass is 10.0. The molecule has 0 aliphatic rings. The molecular weight excluding hydrogens is 190 g/mol. The first-order chi connectivity index (χ1) is 7.19. The summed E-state index contributed by atoms with van der Waals surface area (Å²) in [7, 11) is 3.34. The van der Waals surface area contributed by atoms with Crippen LogP contribution in [0.5, 0.6) is 11.5 Å². The Bertz CT molecular complexity index is 288. The van der Waals surface area contributed by atoms with Crippen LogP contribution in [-0.2, 0) is 6.42 Å². The largest absolute Gasteiger partial charge is 0.496 e. The van der Waals surface area contributed by atoms with Crippen molar-refractivity contribution in [3.63, 3.8) is 0 Å². The highest BCUT2D eigenvalue weighted by atomic mass is 16.5. The second-order valence-electron chi connectivity index (χ2n) is 3.66. The van der Waals surface area contributed by atoms with E-state index in [2.05, 4.69) is 0 Å². The molecule has 0 heterocycles. The van der Waals surface area contributed by atoms with Crippen molar-refractivity contribution in [1.82, 2.24) is 0 Å². The van der Waals surface area contributed by atoms with Crippen LogP contribution >= 0.6 is 0 Å². The van der Waals surface area contributed by atoms with Crippen LogP contribution in [0.3, 0.4) is 0 Å². The molecule has 0 aliphatic heterocycles. The normalized spacial score (nSPS) is 12.3. The maximum atomic E-state index is 5.74. The number of methoxy groups -OCH3 is 2. The molecule has 1 aromatic rings. The Morgan fingerprint density at radius 2 is 1.73 bits per heavy atom. The molecule has 3 nitrogen and oxygen atoms in total. The molecule has 1 aromatic carbocycles. The lowest BCUT2D eigenvalue weighted by Crippen LogP contribution is -2.15. The first kappa shape index (κ1) is 11.9. The Morgan fingerprint density at radius 3 is 2.13 bits per heavy atom. The summed E-state index contributed by atoms with van der Waals surface area (Å²) in [5, 5.41) is 0. The third-order valence-corrected chi connectivity index (χ3v) is 2.38. The average Bonchev–Trinajstić information content (AvgIpc) is 2.25. The third kappa shape index (κ3) is 3.13. The van der Waals surface area contributed by atoms with Gasteiger partial charge in [0.05, 0.1) is 14.2 Å². The Kier molecular flexibility index (Phi) is 4.43. The van der Waals surface area contributed by atoms with Gasteiger partial charge >= 0.3 is 0 Å². The first-order valence-corrected chi connectivity index (χ1v) is 5.14. The molecule has 0 aromatic heterocycles. The summed E-state index contributed by atoms with van der Waals surface area (Å²) in [6, 6.07) is 6.00. The predicted molar refractivity (Wildman–Crippen MR) is 61.5 cm³/mol. The van der Waals surface area contributed by atoms with E-state index in [9.17, 15) is 0 Å². The summed E-state index contributed by atoms with van der Waals surface area (Å²) in [6.45, 7) is 2.00. The van der Waals surface area contributed by atoms with E-state index < -0.39 is 0 Å². The maximum absolute atomic E-state index is 5.74. The minimum atomic E-state index is 0.194. The number of rotatable bonds is 5. The van der Waals surface area contributed by atoms with Gasteiger partial charge in [-0.05, 0) is 31.9 Å². The van der Waals surface area contributed by atoms with Gasteiger partial charge in [0, 0.05) is 11.6 Å². The lowest BCUT2D eigenvalue weighted by Gasteiger charge is -2.13. The second kappa shape index (κ2) is 5.61. The minimum absolute atomic E-state index is 0.194. The van der Waals surface area contributed by atoms with Gasteiger partial charge in [-0.25, -0.2) is 0 Å². The molecule has 1 atom stereocenters. The van der Waals surface area contributed by atoms with Crippen LogP contribution in [-0.4, -0.2) is 20.3 Å². The van der Waals surface area contributed by atoms with E-state index in [-0.39, 0.29) is 6.04 Å². The minimum Gasteiger partial charge on any atom is -0.496 e. The van der Waals surface area contributed by atoms with Gasteiger partial charge in [0.15, 0.2) is 0 Å². The summed E-state index contributed by atoms with van der Waals surface area (Å²) in [4.78, 5) is 0. The summed E-state index contributed by atoms with van der Waals surface area (Å²) in [5.41, 5.74) is 6.84. The van der Waals surface area contributed by atoms with E-state index in [0.29, 0.717) is 0 Å². The second-order valence-corrected chi connectivity index (χ2v) is 3.66. The fraction of sp³-hybridized carbons (Fsp3) is 0.500. The molecule has 0 spiro atoms. The van der Waals surface area contributed by atoms with Gasteiger partial charge in [0.25, 0.3) is 0 Å². The van der Waals surface area contributed by atoms with E-state index in [1.54, 1.807) is 14.2 Å². The summed E-state index contributed by atoms with van der Waals surface area (Å²) >= 11 is 0. The molecule has 0 saturated carbocycles. The zero-order chi connectivity index (χ0) is 11.3. The van der Waals surface area contributed by atoms with Gasteiger partial charge in [-0.3, -0.25) is 0 Å². The van der Waals surface area contributed by atoms with Crippen LogP contribution in [0.4, 0.5) is 0 Å². The molecule has 3 heteroatoms. The van der Waals surface area contributed by atoms with Crippen LogP contribution in [0, 0.1) is 0 Å². The van der Waals surface area contributed by atoms with Crippen molar-refractivity contribution >= 4 is 0 Å². The van der Waals surface area contributed by atoms with Gasteiger partial charge in [0.1, 0.15) is 11.5 Å². The van der Waals surface area contributed by atoms with Crippen molar-refractivity contribution in [2.24, 2.45) is 5.73 Å². The topological polar surface area (TPSA) is 44.5 Å². The van der Waals surface area contributed by atoms with E-state index >= 15 is 0 Å². The zero-order valence-electron chi connectivity index (χ0n) is 9.62. The van der Waals surface area contributed by atoms with E-state index in [0.717, 1.165) is 29.9 Å². The predicted octanol–water partition coefficient (Wildman–Crippen LogP) is 1.98. The Morgan fingerprint density at radius 1 is 1.20 bits per heavy atom. The fourth-order valence-corrected chi connectivity index (χ4v) is 1.55. The van der Waals surface area contributed by atoms with E-state index in [1.165, 1.54) is 0 Å². The van der Waals surface area contributed by atoms with Gasteiger partial charge < -0.3 is 15.2 Å². The van der Waals surface area contributed by atoms with Crippen molar-refractivity contribution in [3.8, 4) is 11.5 Å². The standard InChI is InChI=1S/C12H19NO2/c1-9(13)7-8-10-11(14-2)5-4-6-12(10)15-3/h4-6,9H,7-8,13H2,1-3H3/t9-/m0/s1. The molecule has 2 N–H and O–H groups in total. The van der Waals surface area contributed by atoms with Gasteiger partial charge in [-0.15, -0.1) is 0 Å². The summed E-state index contributed by atoms with van der Waals surface area (Å²) in [6.07, 6.45) is 1.81. The number of nitrogens with two attached hydrogens (primary N) is 1. The van der Waals surface area contributed by atoms with Crippen LogP contribution < -0.4 is 15.2 Å². The molecule has 0 aliphatic carbocycles. The Labute approximate surface area is 91.2 Å². The molecule has 0 saturated heterocycles. The van der Waals surface area contributed by atoms with E-state index in [4.69, 9.17) is 15.2 Å². The monoisotopic (exact) mass is 209 g/mol. The lowest BCUT2D eigenvalue weighted by molar-refractivity contribution is 0.383. The van der Waals surface area contributed by atoms with Gasteiger partial charge in [-0.2, -0.15) is 0 Å². The Balaban J connectivity index is 2.89. The molecule has 15 heavy (non-hydrogen) atoms. The Hall–Kier alpha value is -1.22. The summed E-state index contributed by atoms with van der Waals surface area (Å²) < 4.78 is 10.6. The highest BCUT2D eigenvalue weighted by molar-refractivity contribution is 5.44. The molecule has 0 fully saturated rings. The number of hydrogen-bond donors (Lipinski definition) is 1. The van der Waals surface area contributed by atoms with Crippen molar-refractivity contribution in [2.75, 3.05) is 14.2 Å². The number of benzene rings is 1. The van der Waals surface area contributed by atoms with Crippen LogP contribution in [0.1, 0.15) is 18.9 Å². The highest BCUT2D eigenvalue weighted by Gasteiger charge is 2.09. The maximum Gasteiger partial charge on any atom is 0.125 e. The van der Waals surface area contributed by atoms with Crippen LogP contribution in [0.15, 0.2) is 18.2 Å². The highest BCUT2D eigenvalue weighted by Crippen LogP contribution is 2.29. The fourth-order valence-electron chi connectivity index (χ4n) is 1.55. The SMILES string of the molecule is COc1cccc(OC)c1CC[C@H](C)N. The molecular formula is C12H19NO2. The van der Waals surface area contributed by atoms with Crippen molar-refractivity contribution in [2.45, 2.75) is 25.8 Å². The van der Waals surface area contributed by atoms with Crippen molar-refractivity contribution in [3.05, 3.63) is 23.8 Å². The average molecular weight is 209 g/mol. The molecule has 0 bridgehead atoms. The van der Waals surface area contributed by atoms with Gasteiger partial charge in [0.2, 0.25) is 0 Å². The molecule has 0 amide bonds. The van der Waals surface area contributed by atoms with Gasteiger partial charge in [-0.1, -0.05) is 6.07 Å². The van der Waals surface area contributed by atoms with Crippen LogP contribution in [0.2, 0.25) is 0 Å². The first-order valence-electron chi connectivity index (χ1n) is 5.14.